The largest absolute Gasteiger partial charge is 0.380 e. The summed E-state index contributed by atoms with van der Waals surface area (Å²) in [4.78, 5) is 12.4. The zero-order chi connectivity index (χ0) is 16.9. The number of rotatable bonds is 6. The molecule has 2 aromatic carbocycles. The van der Waals surface area contributed by atoms with E-state index in [0.717, 1.165) is 11.8 Å². The third-order valence-electron chi connectivity index (χ3n) is 2.96. The number of carbonyl (C=O) groups excluding carboxylic acids is 1. The number of amides is 1. The fourth-order valence-corrected chi connectivity index (χ4v) is 2.65. The van der Waals surface area contributed by atoms with Crippen molar-refractivity contribution >= 4 is 27.3 Å². The van der Waals surface area contributed by atoms with E-state index in [2.05, 4.69) is 10.0 Å². The molecule has 0 aliphatic rings. The van der Waals surface area contributed by atoms with Crippen molar-refractivity contribution < 1.29 is 17.9 Å². The lowest BCUT2D eigenvalue weighted by atomic mass is 10.1. The molecule has 0 fully saturated rings. The first-order valence-corrected chi connectivity index (χ1v) is 8.74. The Kier molecular flexibility index (Phi) is 5.36. The first-order valence-electron chi connectivity index (χ1n) is 6.85. The maximum atomic E-state index is 12.4. The van der Waals surface area contributed by atoms with Crippen LogP contribution in [0.4, 0.5) is 11.4 Å². The van der Waals surface area contributed by atoms with Crippen LogP contribution in [-0.2, 0) is 21.4 Å². The number of sulfonamides is 1. The lowest BCUT2D eigenvalue weighted by molar-refractivity contribution is 0.102. The molecule has 2 rings (SSSR count). The van der Waals surface area contributed by atoms with Crippen molar-refractivity contribution in [1.29, 1.82) is 0 Å². The Balaban J connectivity index is 2.23. The predicted molar refractivity (Wildman–Crippen MR) is 90.0 cm³/mol. The summed E-state index contributed by atoms with van der Waals surface area (Å²) in [6, 6.07) is 13.7. The summed E-state index contributed by atoms with van der Waals surface area (Å²) >= 11 is 0. The van der Waals surface area contributed by atoms with E-state index in [0.29, 0.717) is 12.3 Å². The van der Waals surface area contributed by atoms with Gasteiger partial charge in [0.1, 0.15) is 0 Å². The molecule has 0 spiro atoms. The summed E-state index contributed by atoms with van der Waals surface area (Å²) in [5.74, 6) is -0.397. The Labute approximate surface area is 135 Å². The minimum atomic E-state index is -3.47. The van der Waals surface area contributed by atoms with Gasteiger partial charge in [-0.3, -0.25) is 9.52 Å². The molecule has 2 aromatic rings. The number of para-hydroxylation sites is 1. The highest BCUT2D eigenvalue weighted by atomic mass is 32.2. The smallest absolute Gasteiger partial charge is 0.257 e. The van der Waals surface area contributed by atoms with Crippen molar-refractivity contribution in [2.75, 3.05) is 23.4 Å². The molecule has 0 unspecified atom stereocenters. The van der Waals surface area contributed by atoms with E-state index in [1.807, 2.05) is 12.1 Å². The van der Waals surface area contributed by atoms with Crippen molar-refractivity contribution in [2.45, 2.75) is 6.61 Å². The molecule has 23 heavy (non-hydrogen) atoms. The van der Waals surface area contributed by atoms with Crippen LogP contribution in [0.3, 0.4) is 0 Å². The molecule has 0 atom stereocenters. The summed E-state index contributed by atoms with van der Waals surface area (Å²) in [7, 11) is -1.87. The number of benzene rings is 2. The first kappa shape index (κ1) is 17.0. The molecule has 0 aliphatic carbocycles. The average molecular weight is 334 g/mol. The quantitative estimate of drug-likeness (QED) is 0.850. The number of nitrogens with one attached hydrogen (secondary N) is 2. The standard InChI is InChI=1S/C16H18N2O4S/c1-22-11-12-6-5-7-13(10-12)17-16(19)14-8-3-4-9-15(14)18-23(2,20)21/h3-10,18H,11H2,1-2H3,(H,17,19). The third-order valence-corrected chi connectivity index (χ3v) is 3.55. The molecule has 0 radical (unpaired) electrons. The second-order valence-corrected chi connectivity index (χ2v) is 6.76. The molecule has 0 saturated heterocycles. The SMILES string of the molecule is COCc1cccc(NC(=O)c2ccccc2NS(C)(=O)=O)c1. The monoisotopic (exact) mass is 334 g/mol. The van der Waals surface area contributed by atoms with Gasteiger partial charge in [0.05, 0.1) is 24.1 Å². The van der Waals surface area contributed by atoms with Gasteiger partial charge in [0.2, 0.25) is 10.0 Å². The van der Waals surface area contributed by atoms with E-state index in [4.69, 9.17) is 4.74 Å². The van der Waals surface area contributed by atoms with Gasteiger partial charge in [-0.05, 0) is 29.8 Å². The van der Waals surface area contributed by atoms with Crippen LogP contribution in [0.2, 0.25) is 0 Å². The number of anilines is 2. The Bertz CT molecular complexity index is 803. The molecule has 0 bridgehead atoms. The van der Waals surface area contributed by atoms with Crippen molar-refractivity contribution in [2.24, 2.45) is 0 Å². The van der Waals surface area contributed by atoms with Crippen LogP contribution >= 0.6 is 0 Å². The highest BCUT2D eigenvalue weighted by Gasteiger charge is 2.14. The Morgan fingerprint density at radius 1 is 1.13 bits per heavy atom. The zero-order valence-electron chi connectivity index (χ0n) is 12.9. The lowest BCUT2D eigenvalue weighted by Crippen LogP contribution is -2.17. The van der Waals surface area contributed by atoms with Gasteiger partial charge in [-0.15, -0.1) is 0 Å². The number of ether oxygens (including phenoxy) is 1. The van der Waals surface area contributed by atoms with Gasteiger partial charge >= 0.3 is 0 Å². The van der Waals surface area contributed by atoms with Crippen LogP contribution in [0.25, 0.3) is 0 Å². The molecular weight excluding hydrogens is 316 g/mol. The molecular formula is C16H18N2O4S. The van der Waals surface area contributed by atoms with E-state index in [9.17, 15) is 13.2 Å². The highest BCUT2D eigenvalue weighted by Crippen LogP contribution is 2.19. The van der Waals surface area contributed by atoms with Gasteiger partial charge in [-0.1, -0.05) is 24.3 Å². The Morgan fingerprint density at radius 2 is 1.87 bits per heavy atom. The second-order valence-electron chi connectivity index (χ2n) is 5.01. The minimum Gasteiger partial charge on any atom is -0.380 e. The predicted octanol–water partition coefficient (Wildman–Crippen LogP) is 2.46. The van der Waals surface area contributed by atoms with Crippen LogP contribution in [0, 0.1) is 0 Å². The molecule has 0 aliphatic heterocycles. The van der Waals surface area contributed by atoms with Crippen LogP contribution in [0.15, 0.2) is 48.5 Å². The Hall–Kier alpha value is -2.38. The maximum Gasteiger partial charge on any atom is 0.257 e. The summed E-state index contributed by atoms with van der Waals surface area (Å²) in [6.07, 6.45) is 1.04. The fourth-order valence-electron chi connectivity index (χ4n) is 2.07. The molecule has 2 N–H and O–H groups in total. The Morgan fingerprint density at radius 3 is 2.57 bits per heavy atom. The first-order chi connectivity index (χ1) is 10.9. The summed E-state index contributed by atoms with van der Waals surface area (Å²) in [6.45, 7) is 0.440. The summed E-state index contributed by atoms with van der Waals surface area (Å²) in [5, 5.41) is 2.75. The number of hydrogen-bond acceptors (Lipinski definition) is 4. The van der Waals surface area contributed by atoms with Gasteiger partial charge < -0.3 is 10.1 Å². The van der Waals surface area contributed by atoms with Gasteiger partial charge in [0.15, 0.2) is 0 Å². The van der Waals surface area contributed by atoms with Crippen molar-refractivity contribution in [1.82, 2.24) is 0 Å². The molecule has 0 saturated carbocycles. The minimum absolute atomic E-state index is 0.237. The van der Waals surface area contributed by atoms with Crippen LogP contribution in [0.1, 0.15) is 15.9 Å². The van der Waals surface area contributed by atoms with Crippen molar-refractivity contribution in [3.05, 3.63) is 59.7 Å². The maximum absolute atomic E-state index is 12.4. The van der Waals surface area contributed by atoms with Crippen LogP contribution in [0.5, 0.6) is 0 Å². The average Bonchev–Trinajstić information content (AvgIpc) is 2.47. The highest BCUT2D eigenvalue weighted by molar-refractivity contribution is 7.92. The topological polar surface area (TPSA) is 84.5 Å². The van der Waals surface area contributed by atoms with E-state index in [1.54, 1.807) is 37.4 Å². The van der Waals surface area contributed by atoms with Crippen molar-refractivity contribution in [3.63, 3.8) is 0 Å². The summed E-state index contributed by atoms with van der Waals surface area (Å²) in [5.41, 5.74) is 2.02. The van der Waals surface area contributed by atoms with Gasteiger partial charge in [0, 0.05) is 12.8 Å². The lowest BCUT2D eigenvalue weighted by Gasteiger charge is -2.11. The number of hydrogen-bond donors (Lipinski definition) is 2. The van der Waals surface area contributed by atoms with Gasteiger partial charge in [-0.25, -0.2) is 8.42 Å². The molecule has 0 heterocycles. The molecule has 122 valence electrons. The van der Waals surface area contributed by atoms with Gasteiger partial charge in [-0.2, -0.15) is 0 Å². The number of methoxy groups -OCH3 is 1. The molecule has 7 heteroatoms. The van der Waals surface area contributed by atoms with Gasteiger partial charge in [0.25, 0.3) is 5.91 Å². The normalized spacial score (nSPS) is 11.0. The second kappa shape index (κ2) is 7.26. The number of carbonyl (C=O) groups is 1. The summed E-state index contributed by atoms with van der Waals surface area (Å²) < 4.78 is 30.2. The fraction of sp³-hybridized carbons (Fsp3) is 0.188. The van der Waals surface area contributed by atoms with Crippen LogP contribution < -0.4 is 10.0 Å². The van der Waals surface area contributed by atoms with E-state index >= 15 is 0 Å². The zero-order valence-corrected chi connectivity index (χ0v) is 13.7. The molecule has 6 nitrogen and oxygen atoms in total. The third kappa shape index (κ3) is 5.08. The van der Waals surface area contributed by atoms with E-state index < -0.39 is 15.9 Å². The molecule has 0 aromatic heterocycles. The van der Waals surface area contributed by atoms with Crippen molar-refractivity contribution in [3.8, 4) is 0 Å². The molecule has 1 amide bonds. The van der Waals surface area contributed by atoms with E-state index in [1.165, 1.54) is 6.07 Å². The van der Waals surface area contributed by atoms with E-state index in [-0.39, 0.29) is 11.3 Å². The van der Waals surface area contributed by atoms with Crippen LogP contribution in [-0.4, -0.2) is 27.7 Å².